The normalized spacial score (nSPS) is 11.2. The monoisotopic (exact) mass is 443 g/mol. The summed E-state index contributed by atoms with van der Waals surface area (Å²) in [6, 6.07) is 7.56. The van der Waals surface area contributed by atoms with E-state index < -0.39 is 12.2 Å². The molecule has 130 valence electrons. The highest BCUT2D eigenvalue weighted by molar-refractivity contribution is 14.1. The molecule has 0 aliphatic rings. The number of amides is 1. The molecule has 0 saturated carbocycles. The van der Waals surface area contributed by atoms with Crippen LogP contribution in [0.2, 0.25) is 0 Å². The molecular weight excluding hydrogens is 421 g/mol. The molecule has 0 radical (unpaired) electrons. The van der Waals surface area contributed by atoms with E-state index in [0.717, 1.165) is 9.13 Å². The first-order valence-electron chi connectivity index (χ1n) is 7.66. The van der Waals surface area contributed by atoms with Crippen molar-refractivity contribution in [2.24, 2.45) is 0 Å². The van der Waals surface area contributed by atoms with Crippen LogP contribution >= 0.6 is 22.6 Å². The van der Waals surface area contributed by atoms with Crippen molar-refractivity contribution in [2.75, 3.05) is 25.1 Å². The molecule has 7 heteroatoms. The number of benzene rings is 1. The minimum atomic E-state index is -0.460. The third-order valence-electron chi connectivity index (χ3n) is 3.04. The van der Waals surface area contributed by atoms with Crippen LogP contribution in [0.15, 0.2) is 30.0 Å². The molecular formula is C17H22IN3O3. The number of aryl methyl sites for hydroxylation is 1. The third kappa shape index (κ3) is 6.86. The van der Waals surface area contributed by atoms with Gasteiger partial charge in [-0.15, -0.1) is 0 Å². The lowest BCUT2D eigenvalue weighted by atomic mass is 10.2. The largest absolute Gasteiger partial charge is 0.385 e. The fraction of sp³-hybridized carbons (Fsp3) is 0.412. The molecule has 0 aliphatic carbocycles. The second-order valence-corrected chi connectivity index (χ2v) is 6.08. The molecule has 0 aromatic heterocycles. The molecule has 0 saturated heterocycles. The molecule has 0 bridgehead atoms. The Morgan fingerprint density at radius 3 is 2.58 bits per heavy atom. The van der Waals surface area contributed by atoms with Crippen LogP contribution in [0.3, 0.4) is 0 Å². The maximum absolute atomic E-state index is 12.2. The summed E-state index contributed by atoms with van der Waals surface area (Å²) in [5, 5.41) is 14.8. The molecule has 0 atom stereocenters. The van der Waals surface area contributed by atoms with Gasteiger partial charge in [0.25, 0.3) is 5.91 Å². The van der Waals surface area contributed by atoms with Gasteiger partial charge in [0, 0.05) is 28.7 Å². The fourth-order valence-electron chi connectivity index (χ4n) is 1.90. The second-order valence-electron chi connectivity index (χ2n) is 4.83. The van der Waals surface area contributed by atoms with E-state index in [1.807, 2.05) is 45.0 Å². The molecule has 1 aromatic carbocycles. The van der Waals surface area contributed by atoms with Crippen molar-refractivity contribution in [3.63, 3.8) is 0 Å². The second kappa shape index (κ2) is 11.0. The number of halogens is 1. The molecule has 0 spiro atoms. The van der Waals surface area contributed by atoms with E-state index in [1.54, 1.807) is 0 Å². The number of nitrogens with zero attached hydrogens (tertiary/aromatic N) is 1. The Morgan fingerprint density at radius 1 is 1.38 bits per heavy atom. The van der Waals surface area contributed by atoms with Gasteiger partial charge in [0.15, 0.2) is 6.29 Å². The molecule has 0 aliphatic heterocycles. The Hall–Kier alpha value is -1.63. The zero-order valence-corrected chi connectivity index (χ0v) is 16.2. The van der Waals surface area contributed by atoms with Gasteiger partial charge in [-0.25, -0.2) is 0 Å². The first-order chi connectivity index (χ1) is 11.5. The van der Waals surface area contributed by atoms with Gasteiger partial charge in [0.05, 0.1) is 6.54 Å². The maximum atomic E-state index is 12.2. The predicted molar refractivity (Wildman–Crippen MR) is 101 cm³/mol. The van der Waals surface area contributed by atoms with Crippen LogP contribution < -0.4 is 10.6 Å². The van der Waals surface area contributed by atoms with E-state index in [0.29, 0.717) is 25.4 Å². The summed E-state index contributed by atoms with van der Waals surface area (Å²) < 4.78 is 11.8. The van der Waals surface area contributed by atoms with Crippen LogP contribution in [0.1, 0.15) is 19.4 Å². The maximum Gasteiger partial charge on any atom is 0.267 e. The Balaban J connectivity index is 2.67. The topological polar surface area (TPSA) is 83.4 Å². The highest BCUT2D eigenvalue weighted by Gasteiger charge is 2.12. The van der Waals surface area contributed by atoms with Crippen molar-refractivity contribution >= 4 is 34.2 Å². The van der Waals surface area contributed by atoms with Crippen molar-refractivity contribution in [3.8, 4) is 6.07 Å². The summed E-state index contributed by atoms with van der Waals surface area (Å²) in [6.07, 6.45) is 0.959. The predicted octanol–water partition coefficient (Wildman–Crippen LogP) is 2.93. The minimum Gasteiger partial charge on any atom is -0.385 e. The van der Waals surface area contributed by atoms with Gasteiger partial charge in [-0.1, -0.05) is 0 Å². The van der Waals surface area contributed by atoms with Gasteiger partial charge in [0.1, 0.15) is 11.6 Å². The average Bonchev–Trinajstić information content (AvgIpc) is 2.54. The summed E-state index contributed by atoms with van der Waals surface area (Å²) in [5.74, 6) is -0.460. The first-order valence-corrected chi connectivity index (χ1v) is 8.74. The standard InChI is InChI=1S/C17H22IN3O3/c1-4-23-16(24-5-2)11-20-10-13(9-19)17(22)21-15-7-6-14(18)8-12(15)3/h6-8,10,16,20H,4-5,11H2,1-3H3,(H,21,22)/b13-10-. The molecule has 0 heterocycles. The minimum absolute atomic E-state index is 0.0142. The summed E-state index contributed by atoms with van der Waals surface area (Å²) in [5.41, 5.74) is 1.61. The van der Waals surface area contributed by atoms with E-state index in [-0.39, 0.29) is 5.57 Å². The van der Waals surface area contributed by atoms with E-state index in [4.69, 9.17) is 9.47 Å². The van der Waals surface area contributed by atoms with Gasteiger partial charge in [-0.3, -0.25) is 4.79 Å². The van der Waals surface area contributed by atoms with Gasteiger partial charge < -0.3 is 20.1 Å². The van der Waals surface area contributed by atoms with Crippen molar-refractivity contribution in [1.82, 2.24) is 5.32 Å². The highest BCUT2D eigenvalue weighted by atomic mass is 127. The zero-order valence-electron chi connectivity index (χ0n) is 14.1. The molecule has 1 amide bonds. The number of hydrogen-bond donors (Lipinski definition) is 2. The van der Waals surface area contributed by atoms with Crippen LogP contribution in [0.25, 0.3) is 0 Å². The summed E-state index contributed by atoms with van der Waals surface area (Å²) in [4.78, 5) is 12.2. The van der Waals surface area contributed by atoms with Gasteiger partial charge >= 0.3 is 0 Å². The molecule has 24 heavy (non-hydrogen) atoms. The number of carbonyl (C=O) groups excluding carboxylic acids is 1. The number of nitrogens with one attached hydrogen (secondary N) is 2. The number of rotatable bonds is 9. The lowest BCUT2D eigenvalue weighted by molar-refractivity contribution is -0.131. The summed E-state index contributed by atoms with van der Waals surface area (Å²) in [6.45, 7) is 7.05. The SMILES string of the molecule is CCOC(CN/C=C(/C#N)C(=O)Nc1ccc(I)cc1C)OCC. The molecule has 0 fully saturated rings. The molecule has 6 nitrogen and oxygen atoms in total. The van der Waals surface area contributed by atoms with Crippen LogP contribution in [0.4, 0.5) is 5.69 Å². The Labute approximate surface area is 156 Å². The average molecular weight is 443 g/mol. The van der Waals surface area contributed by atoms with Crippen molar-refractivity contribution in [3.05, 3.63) is 39.1 Å². The Bertz CT molecular complexity index is 620. The Kier molecular flexibility index (Phi) is 9.37. The number of nitriles is 1. The summed E-state index contributed by atoms with van der Waals surface area (Å²) >= 11 is 2.20. The highest BCUT2D eigenvalue weighted by Crippen LogP contribution is 2.18. The van der Waals surface area contributed by atoms with Crippen LogP contribution in [-0.2, 0) is 14.3 Å². The van der Waals surface area contributed by atoms with Crippen LogP contribution in [-0.4, -0.2) is 32.0 Å². The molecule has 2 N–H and O–H groups in total. The van der Waals surface area contributed by atoms with Gasteiger partial charge in [0.2, 0.25) is 0 Å². The first kappa shape index (κ1) is 20.4. The van der Waals surface area contributed by atoms with Gasteiger partial charge in [-0.2, -0.15) is 5.26 Å². The molecule has 1 rings (SSSR count). The molecule has 1 aromatic rings. The van der Waals surface area contributed by atoms with E-state index >= 15 is 0 Å². The molecule has 0 unspecified atom stereocenters. The van der Waals surface area contributed by atoms with E-state index in [9.17, 15) is 10.1 Å². The van der Waals surface area contributed by atoms with Crippen molar-refractivity contribution < 1.29 is 14.3 Å². The number of ether oxygens (including phenoxy) is 2. The number of anilines is 1. The van der Waals surface area contributed by atoms with Crippen molar-refractivity contribution in [1.29, 1.82) is 5.26 Å². The smallest absolute Gasteiger partial charge is 0.267 e. The quantitative estimate of drug-likeness (QED) is 0.266. The van der Waals surface area contributed by atoms with Crippen LogP contribution in [0.5, 0.6) is 0 Å². The zero-order chi connectivity index (χ0) is 17.9. The third-order valence-corrected chi connectivity index (χ3v) is 3.71. The van der Waals surface area contributed by atoms with Crippen LogP contribution in [0, 0.1) is 21.8 Å². The van der Waals surface area contributed by atoms with Gasteiger partial charge in [-0.05, 0) is 67.1 Å². The van der Waals surface area contributed by atoms with E-state index in [2.05, 4.69) is 33.2 Å². The Morgan fingerprint density at radius 2 is 2.04 bits per heavy atom. The van der Waals surface area contributed by atoms with Crippen molar-refractivity contribution in [2.45, 2.75) is 27.1 Å². The number of hydrogen-bond acceptors (Lipinski definition) is 5. The van der Waals surface area contributed by atoms with E-state index in [1.165, 1.54) is 6.20 Å². The lowest BCUT2D eigenvalue weighted by Crippen LogP contribution is -2.29. The number of carbonyl (C=O) groups is 1. The fourth-order valence-corrected chi connectivity index (χ4v) is 2.55. The summed E-state index contributed by atoms with van der Waals surface area (Å²) in [7, 11) is 0. The lowest BCUT2D eigenvalue weighted by Gasteiger charge is -2.16.